The number of hydrogen-bond acceptors (Lipinski definition) is 2. The minimum atomic E-state index is 0.557. The van der Waals surface area contributed by atoms with Gasteiger partial charge in [-0.25, -0.2) is 0 Å². The second-order valence-electron chi connectivity index (χ2n) is 5.78. The average Bonchev–Trinajstić information content (AvgIpc) is 3.30. The zero-order chi connectivity index (χ0) is 14.8. The van der Waals surface area contributed by atoms with Crippen LogP contribution < -0.4 is 21.3 Å². The molecule has 0 unspecified atom stereocenters. The van der Waals surface area contributed by atoms with Crippen LogP contribution in [0.5, 0.6) is 0 Å². The number of nitrogens with one attached hydrogen (secondary N) is 4. The Morgan fingerprint density at radius 3 is 2.10 bits per heavy atom. The first-order valence-electron chi connectivity index (χ1n) is 7.36. The molecule has 0 spiro atoms. The lowest BCUT2D eigenvalue weighted by Gasteiger charge is -2.15. The average molecular weight is 320 g/mol. The van der Waals surface area contributed by atoms with Gasteiger partial charge in [-0.2, -0.15) is 0 Å². The topological polar surface area (TPSA) is 48.1 Å². The van der Waals surface area contributed by atoms with Crippen molar-refractivity contribution in [3.63, 3.8) is 0 Å². The summed E-state index contributed by atoms with van der Waals surface area (Å²) < 4.78 is 0. The number of anilines is 2. The van der Waals surface area contributed by atoms with Crippen molar-refractivity contribution in [2.24, 2.45) is 0 Å². The first kappa shape index (κ1) is 14.5. The minimum absolute atomic E-state index is 0.557. The van der Waals surface area contributed by atoms with Gasteiger partial charge in [-0.1, -0.05) is 6.07 Å². The highest BCUT2D eigenvalue weighted by atomic mass is 32.1. The molecule has 0 atom stereocenters. The maximum absolute atomic E-state index is 5.33. The predicted octanol–water partition coefficient (Wildman–Crippen LogP) is 2.89. The summed E-state index contributed by atoms with van der Waals surface area (Å²) in [6, 6.07) is 7.24. The van der Waals surface area contributed by atoms with Crippen LogP contribution in [0.25, 0.3) is 0 Å². The van der Waals surface area contributed by atoms with Gasteiger partial charge in [0.05, 0.1) is 0 Å². The van der Waals surface area contributed by atoms with E-state index in [0.717, 1.165) is 16.9 Å². The Hall–Kier alpha value is -1.40. The predicted molar refractivity (Wildman–Crippen MR) is 95.9 cm³/mol. The Labute approximate surface area is 136 Å². The smallest absolute Gasteiger partial charge is 0.171 e. The summed E-state index contributed by atoms with van der Waals surface area (Å²) >= 11 is 10.6. The molecule has 2 fully saturated rings. The van der Waals surface area contributed by atoms with Crippen molar-refractivity contribution in [2.45, 2.75) is 44.7 Å². The van der Waals surface area contributed by atoms with Crippen LogP contribution in [0.15, 0.2) is 18.2 Å². The molecule has 1 aromatic rings. The summed E-state index contributed by atoms with van der Waals surface area (Å²) in [5.41, 5.74) is 3.13. The zero-order valence-electron chi connectivity index (χ0n) is 12.0. The van der Waals surface area contributed by atoms with Crippen molar-refractivity contribution in [3.8, 4) is 0 Å². The lowest BCUT2D eigenvalue weighted by atomic mass is 10.2. The fourth-order valence-electron chi connectivity index (χ4n) is 1.99. The van der Waals surface area contributed by atoms with Gasteiger partial charge in [-0.15, -0.1) is 0 Å². The maximum atomic E-state index is 5.33. The number of rotatable bonds is 4. The summed E-state index contributed by atoms with van der Waals surface area (Å²) in [6.07, 6.45) is 4.85. The molecule has 0 amide bonds. The van der Waals surface area contributed by atoms with Crippen LogP contribution in [0.3, 0.4) is 0 Å². The molecule has 2 saturated carbocycles. The molecule has 0 aromatic heterocycles. The second kappa shape index (κ2) is 6.15. The highest BCUT2D eigenvalue weighted by Gasteiger charge is 2.22. The Morgan fingerprint density at radius 1 is 0.952 bits per heavy atom. The third-order valence-electron chi connectivity index (χ3n) is 3.57. The molecule has 21 heavy (non-hydrogen) atoms. The SMILES string of the molecule is Cc1ccc(NC(=S)NC2CC2)cc1NC(=S)NC1CC1. The second-order valence-corrected chi connectivity index (χ2v) is 6.59. The third kappa shape index (κ3) is 4.54. The van der Waals surface area contributed by atoms with E-state index in [2.05, 4.69) is 34.3 Å². The van der Waals surface area contributed by atoms with Crippen molar-refractivity contribution in [3.05, 3.63) is 23.8 Å². The van der Waals surface area contributed by atoms with Gasteiger partial charge in [0.25, 0.3) is 0 Å². The molecule has 3 rings (SSSR count). The van der Waals surface area contributed by atoms with E-state index in [1.807, 2.05) is 12.1 Å². The minimum Gasteiger partial charge on any atom is -0.360 e. The van der Waals surface area contributed by atoms with Crippen LogP contribution >= 0.6 is 24.4 Å². The number of hydrogen-bond donors (Lipinski definition) is 4. The summed E-state index contributed by atoms with van der Waals surface area (Å²) in [5.74, 6) is 0. The quantitative estimate of drug-likeness (QED) is 0.640. The molecule has 4 nitrogen and oxygen atoms in total. The molecule has 0 radical (unpaired) electrons. The Bertz CT molecular complexity index is 565. The molecule has 2 aliphatic carbocycles. The molecular formula is C15H20N4S2. The number of benzene rings is 1. The van der Waals surface area contributed by atoms with E-state index in [0.29, 0.717) is 22.3 Å². The summed E-state index contributed by atoms with van der Waals surface area (Å²) in [7, 11) is 0. The molecule has 4 N–H and O–H groups in total. The van der Waals surface area contributed by atoms with Crippen LogP contribution in [0.2, 0.25) is 0 Å². The molecular weight excluding hydrogens is 300 g/mol. The number of aryl methyl sites for hydroxylation is 1. The summed E-state index contributed by atoms with van der Waals surface area (Å²) in [5, 5.41) is 14.4. The largest absolute Gasteiger partial charge is 0.360 e. The lowest BCUT2D eigenvalue weighted by Crippen LogP contribution is -2.31. The molecule has 0 bridgehead atoms. The van der Waals surface area contributed by atoms with E-state index in [4.69, 9.17) is 24.4 Å². The van der Waals surface area contributed by atoms with Gasteiger partial charge >= 0.3 is 0 Å². The Balaban J connectivity index is 1.60. The van der Waals surface area contributed by atoms with Gasteiger partial charge in [0.15, 0.2) is 10.2 Å². The van der Waals surface area contributed by atoms with Gasteiger partial charge in [0.2, 0.25) is 0 Å². The fraction of sp³-hybridized carbons (Fsp3) is 0.467. The van der Waals surface area contributed by atoms with E-state index < -0.39 is 0 Å². The van der Waals surface area contributed by atoms with Crippen molar-refractivity contribution < 1.29 is 0 Å². The van der Waals surface area contributed by atoms with Gasteiger partial charge in [0, 0.05) is 23.5 Å². The van der Waals surface area contributed by atoms with E-state index in [1.54, 1.807) is 0 Å². The molecule has 6 heteroatoms. The molecule has 1 aromatic carbocycles. The Morgan fingerprint density at radius 2 is 1.52 bits per heavy atom. The van der Waals surface area contributed by atoms with Crippen LogP contribution in [-0.4, -0.2) is 22.3 Å². The zero-order valence-corrected chi connectivity index (χ0v) is 13.7. The highest BCUT2D eigenvalue weighted by molar-refractivity contribution is 7.80. The number of thiocarbonyl (C=S) groups is 2. The monoisotopic (exact) mass is 320 g/mol. The highest BCUT2D eigenvalue weighted by Crippen LogP contribution is 2.23. The maximum Gasteiger partial charge on any atom is 0.171 e. The Kier molecular flexibility index (Phi) is 4.26. The summed E-state index contributed by atoms with van der Waals surface area (Å²) in [6.45, 7) is 2.06. The molecule has 2 aliphatic rings. The molecule has 112 valence electrons. The van der Waals surface area contributed by atoms with Crippen LogP contribution in [-0.2, 0) is 0 Å². The van der Waals surface area contributed by atoms with Crippen molar-refractivity contribution >= 4 is 46.0 Å². The van der Waals surface area contributed by atoms with Crippen molar-refractivity contribution in [1.82, 2.24) is 10.6 Å². The molecule has 0 aliphatic heterocycles. The lowest BCUT2D eigenvalue weighted by molar-refractivity contribution is 0.918. The van der Waals surface area contributed by atoms with Crippen molar-refractivity contribution in [2.75, 3.05) is 10.6 Å². The summed E-state index contributed by atoms with van der Waals surface area (Å²) in [4.78, 5) is 0. The first-order valence-corrected chi connectivity index (χ1v) is 8.17. The normalized spacial score (nSPS) is 17.0. The molecule has 0 heterocycles. The standard InChI is InChI=1S/C15H20N4S2/c1-9-2-3-12(18-14(20)16-10-4-5-10)8-13(9)19-15(21)17-11-6-7-11/h2-3,8,10-11H,4-7H2,1H3,(H2,16,18,20)(H2,17,19,21). The van der Waals surface area contributed by atoms with Crippen molar-refractivity contribution in [1.29, 1.82) is 0 Å². The van der Waals surface area contributed by atoms with E-state index in [1.165, 1.54) is 25.7 Å². The van der Waals surface area contributed by atoms with E-state index in [9.17, 15) is 0 Å². The van der Waals surface area contributed by atoms with Gasteiger partial charge in [-0.3, -0.25) is 0 Å². The van der Waals surface area contributed by atoms with Crippen LogP contribution in [0.1, 0.15) is 31.2 Å². The molecule has 0 saturated heterocycles. The van der Waals surface area contributed by atoms with E-state index >= 15 is 0 Å². The van der Waals surface area contributed by atoms with Crippen LogP contribution in [0.4, 0.5) is 11.4 Å². The third-order valence-corrected chi connectivity index (χ3v) is 4.01. The van der Waals surface area contributed by atoms with Crippen LogP contribution in [0, 0.1) is 6.92 Å². The van der Waals surface area contributed by atoms with E-state index in [-0.39, 0.29) is 0 Å². The van der Waals surface area contributed by atoms with Gasteiger partial charge in [0.1, 0.15) is 0 Å². The van der Waals surface area contributed by atoms with Gasteiger partial charge in [-0.05, 0) is 74.7 Å². The first-order chi connectivity index (χ1) is 10.1. The van der Waals surface area contributed by atoms with Gasteiger partial charge < -0.3 is 21.3 Å². The fourth-order valence-corrected chi connectivity index (χ4v) is 2.55.